The fraction of sp³-hybridized carbons (Fsp3) is 0.0625. The Morgan fingerprint density at radius 2 is 1.76 bits per heavy atom. The van der Waals surface area contributed by atoms with Crippen LogP contribution in [0.25, 0.3) is 16.3 Å². The highest BCUT2D eigenvalue weighted by Gasteiger charge is 2.16. The molecule has 0 spiro atoms. The van der Waals surface area contributed by atoms with E-state index < -0.39 is 11.6 Å². The smallest absolute Gasteiger partial charge is 0.207 e. The van der Waals surface area contributed by atoms with E-state index in [0.29, 0.717) is 37.0 Å². The van der Waals surface area contributed by atoms with E-state index in [1.807, 2.05) is 0 Å². The number of rotatable bonds is 3. The van der Waals surface area contributed by atoms with Crippen LogP contribution < -0.4 is 0 Å². The molecule has 4 aromatic rings. The maximum atomic E-state index is 13.3. The lowest BCUT2D eigenvalue weighted by Gasteiger charge is -2.01. The van der Waals surface area contributed by atoms with Crippen molar-refractivity contribution >= 4 is 39.5 Å². The average molecular weight is 397 g/mol. The van der Waals surface area contributed by atoms with E-state index in [9.17, 15) is 8.78 Å². The zero-order valence-electron chi connectivity index (χ0n) is 12.4. The van der Waals surface area contributed by atoms with Crippen molar-refractivity contribution in [2.45, 2.75) is 6.42 Å². The first-order chi connectivity index (χ1) is 12.0. The third kappa shape index (κ3) is 3.22. The molecule has 0 radical (unpaired) electrons. The Bertz CT molecular complexity index is 1070. The van der Waals surface area contributed by atoms with Gasteiger partial charge in [-0.05, 0) is 35.9 Å². The number of nitrogens with zero attached hydrogens (tertiary/aromatic N) is 4. The predicted molar refractivity (Wildman–Crippen MR) is 93.3 cm³/mol. The molecule has 0 aliphatic heterocycles. The molecule has 0 aliphatic carbocycles. The van der Waals surface area contributed by atoms with Gasteiger partial charge in [-0.1, -0.05) is 34.5 Å². The van der Waals surface area contributed by atoms with Gasteiger partial charge in [0, 0.05) is 23.1 Å². The lowest BCUT2D eigenvalue weighted by molar-refractivity contribution is 0.580. The molecule has 2 aromatic heterocycles. The van der Waals surface area contributed by atoms with Gasteiger partial charge in [0.2, 0.25) is 4.96 Å². The molecule has 0 unspecified atom stereocenters. The summed E-state index contributed by atoms with van der Waals surface area (Å²) in [6, 6.07) is 8.45. The van der Waals surface area contributed by atoms with Crippen LogP contribution in [0.4, 0.5) is 8.78 Å². The van der Waals surface area contributed by atoms with Crippen LogP contribution in [0.1, 0.15) is 10.6 Å². The molecule has 0 amide bonds. The molecular weight excluding hydrogens is 389 g/mol. The highest BCUT2D eigenvalue weighted by molar-refractivity contribution is 7.16. The summed E-state index contributed by atoms with van der Waals surface area (Å²) in [4.78, 5) is 0.563. The minimum Gasteiger partial charge on any atom is -0.207 e. The van der Waals surface area contributed by atoms with Crippen molar-refractivity contribution in [2.24, 2.45) is 0 Å². The quantitative estimate of drug-likeness (QED) is 0.487. The van der Waals surface area contributed by atoms with E-state index in [-0.39, 0.29) is 6.42 Å². The van der Waals surface area contributed by atoms with Crippen molar-refractivity contribution in [3.8, 4) is 11.4 Å². The zero-order chi connectivity index (χ0) is 17.6. The van der Waals surface area contributed by atoms with E-state index in [1.54, 1.807) is 22.7 Å². The van der Waals surface area contributed by atoms with Crippen molar-refractivity contribution < 1.29 is 8.78 Å². The summed E-state index contributed by atoms with van der Waals surface area (Å²) in [7, 11) is 0. The second-order valence-corrected chi connectivity index (χ2v) is 7.18. The fourth-order valence-corrected chi connectivity index (χ4v) is 3.81. The van der Waals surface area contributed by atoms with Crippen LogP contribution in [0.15, 0.2) is 36.4 Å². The van der Waals surface area contributed by atoms with Gasteiger partial charge in [-0.3, -0.25) is 0 Å². The number of fused-ring (bicyclic) bond motifs is 1. The third-order valence-electron chi connectivity index (χ3n) is 3.48. The molecule has 2 aromatic carbocycles. The topological polar surface area (TPSA) is 43.1 Å². The molecule has 0 saturated heterocycles. The first-order valence-corrected chi connectivity index (χ1v) is 8.68. The molecule has 0 N–H and O–H groups in total. The second-order valence-electron chi connectivity index (χ2n) is 5.29. The van der Waals surface area contributed by atoms with Crippen LogP contribution in [0.2, 0.25) is 10.0 Å². The van der Waals surface area contributed by atoms with Crippen molar-refractivity contribution in [1.29, 1.82) is 0 Å². The molecule has 0 atom stereocenters. The van der Waals surface area contributed by atoms with E-state index in [4.69, 9.17) is 23.2 Å². The van der Waals surface area contributed by atoms with Gasteiger partial charge in [0.15, 0.2) is 5.82 Å². The maximum absolute atomic E-state index is 13.3. The summed E-state index contributed by atoms with van der Waals surface area (Å²) in [6.45, 7) is 0. The van der Waals surface area contributed by atoms with Crippen molar-refractivity contribution in [1.82, 2.24) is 19.8 Å². The Morgan fingerprint density at radius 3 is 2.48 bits per heavy atom. The Kier molecular flexibility index (Phi) is 4.15. The molecule has 2 heterocycles. The zero-order valence-corrected chi connectivity index (χ0v) is 14.7. The normalized spacial score (nSPS) is 11.4. The minimum atomic E-state index is -0.619. The highest BCUT2D eigenvalue weighted by atomic mass is 35.5. The molecule has 4 nitrogen and oxygen atoms in total. The molecule has 0 saturated carbocycles. The Labute approximate surface area is 154 Å². The summed E-state index contributed by atoms with van der Waals surface area (Å²) >= 11 is 13.4. The SMILES string of the molecule is Fc1cc(F)cc(Cc2nn3c(-c4ccc(Cl)cc4Cl)nnc3s2)c1. The highest BCUT2D eigenvalue weighted by Crippen LogP contribution is 2.30. The average Bonchev–Trinajstić information content (AvgIpc) is 3.06. The summed E-state index contributed by atoms with van der Waals surface area (Å²) in [6.07, 6.45) is 0.288. The van der Waals surface area contributed by atoms with E-state index in [2.05, 4.69) is 15.3 Å². The molecule has 0 fully saturated rings. The summed E-state index contributed by atoms with van der Waals surface area (Å²) in [5.41, 5.74) is 1.14. The molecule has 9 heteroatoms. The number of hydrogen-bond donors (Lipinski definition) is 0. The Balaban J connectivity index is 1.73. The van der Waals surface area contributed by atoms with Gasteiger partial charge in [-0.2, -0.15) is 9.61 Å². The van der Waals surface area contributed by atoms with E-state index in [1.165, 1.54) is 23.5 Å². The van der Waals surface area contributed by atoms with Crippen molar-refractivity contribution in [3.05, 3.63) is 68.6 Å². The predicted octanol–water partition coefficient (Wildman–Crippen LogP) is 5.03. The van der Waals surface area contributed by atoms with Crippen LogP contribution >= 0.6 is 34.5 Å². The van der Waals surface area contributed by atoms with Gasteiger partial charge in [-0.25, -0.2) is 8.78 Å². The first kappa shape index (κ1) is 16.4. The van der Waals surface area contributed by atoms with Gasteiger partial charge < -0.3 is 0 Å². The lowest BCUT2D eigenvalue weighted by Crippen LogP contribution is -1.95. The number of hydrogen-bond acceptors (Lipinski definition) is 4. The van der Waals surface area contributed by atoms with Gasteiger partial charge >= 0.3 is 0 Å². The number of aromatic nitrogens is 4. The summed E-state index contributed by atoms with van der Waals surface area (Å²) < 4.78 is 28.2. The van der Waals surface area contributed by atoms with E-state index in [0.717, 1.165) is 6.07 Å². The van der Waals surface area contributed by atoms with Gasteiger partial charge in [0.1, 0.15) is 16.6 Å². The largest absolute Gasteiger partial charge is 0.234 e. The standard InChI is InChI=1S/C16H8Cl2F2N4S/c17-9-1-2-12(13(18)6-9)15-21-22-16-24(15)23-14(25-16)5-8-3-10(19)7-11(20)4-8/h1-4,6-7H,5H2. The fourth-order valence-electron chi connectivity index (χ4n) is 2.45. The van der Waals surface area contributed by atoms with Crippen molar-refractivity contribution in [2.75, 3.05) is 0 Å². The van der Waals surface area contributed by atoms with Crippen molar-refractivity contribution in [3.63, 3.8) is 0 Å². The van der Waals surface area contributed by atoms with Crippen LogP contribution in [-0.4, -0.2) is 19.8 Å². The van der Waals surface area contributed by atoms with Gasteiger partial charge in [0.25, 0.3) is 0 Å². The molecule has 126 valence electrons. The molecule has 4 rings (SSSR count). The van der Waals surface area contributed by atoms with Crippen LogP contribution in [0, 0.1) is 11.6 Å². The molecule has 0 bridgehead atoms. The number of halogens is 4. The summed E-state index contributed by atoms with van der Waals surface area (Å²) in [5, 5.41) is 14.2. The lowest BCUT2D eigenvalue weighted by atomic mass is 10.1. The van der Waals surface area contributed by atoms with Crippen LogP contribution in [0.3, 0.4) is 0 Å². The maximum Gasteiger partial charge on any atom is 0.234 e. The first-order valence-electron chi connectivity index (χ1n) is 7.11. The third-order valence-corrected chi connectivity index (χ3v) is 4.93. The van der Waals surface area contributed by atoms with Gasteiger partial charge in [-0.15, -0.1) is 10.2 Å². The number of benzene rings is 2. The van der Waals surface area contributed by atoms with Gasteiger partial charge in [0.05, 0.1) is 5.02 Å². The Hall–Kier alpha value is -2.09. The van der Waals surface area contributed by atoms with Crippen LogP contribution in [-0.2, 0) is 6.42 Å². The van der Waals surface area contributed by atoms with Crippen LogP contribution in [0.5, 0.6) is 0 Å². The minimum absolute atomic E-state index is 0.288. The molecular formula is C16H8Cl2F2N4S. The monoisotopic (exact) mass is 396 g/mol. The van der Waals surface area contributed by atoms with E-state index >= 15 is 0 Å². The molecule has 25 heavy (non-hydrogen) atoms. The Morgan fingerprint density at radius 1 is 1.00 bits per heavy atom. The molecule has 0 aliphatic rings. The summed E-state index contributed by atoms with van der Waals surface area (Å²) in [5.74, 6) is -0.761. The second kappa shape index (κ2) is 6.33.